The van der Waals surface area contributed by atoms with Crippen molar-refractivity contribution in [2.24, 2.45) is 23.7 Å². The van der Waals surface area contributed by atoms with Crippen molar-refractivity contribution in [3.8, 4) is 11.3 Å². The number of carbonyl (C=O) groups excluding carboxylic acids is 2. The van der Waals surface area contributed by atoms with Gasteiger partial charge in [-0.25, -0.2) is 5.48 Å². The number of likely N-dealkylation sites (N-methyl/N-ethyl adjacent to an activating group) is 2. The molecular weight excluding hydrogens is 917 g/mol. The van der Waals surface area contributed by atoms with Crippen LogP contribution in [-0.4, -0.2) is 179 Å². The molecule has 19 heteroatoms. The molecule has 7 N–H and O–H groups in total. The SMILES string of the molecule is CC[C@H]1OC(=O)[C@H](C)[C@@H](C2C[C@@](C)(OC)[C@@H](O)[C@H](C)O2)[C@H](C)[C@@H](O[C@@H]2O[C@H](C)C[C@H](N(C)Cc3cccc(-c4cn(CCCCCC(=O)NO)nn4)c3)[C@@H]2O)[C@](C)(O)C[C@@H](C)CN(C)[C@H](C)[C@@H](O)[C@]1(C)O. The van der Waals surface area contributed by atoms with Gasteiger partial charge in [0.1, 0.15) is 35.7 Å². The second-order valence-corrected chi connectivity index (χ2v) is 22.1. The van der Waals surface area contributed by atoms with Gasteiger partial charge in [0, 0.05) is 63.2 Å². The van der Waals surface area contributed by atoms with Crippen LogP contribution < -0.4 is 5.48 Å². The number of unbranched alkanes of at least 4 members (excludes halogenated alkanes) is 2. The third-order valence-electron chi connectivity index (χ3n) is 16.1. The number of amides is 1. The van der Waals surface area contributed by atoms with Gasteiger partial charge in [-0.3, -0.25) is 24.4 Å². The van der Waals surface area contributed by atoms with Crippen molar-refractivity contribution in [1.29, 1.82) is 0 Å². The topological polar surface area (TPSA) is 251 Å². The molecule has 3 fully saturated rings. The molecule has 404 valence electrons. The van der Waals surface area contributed by atoms with Gasteiger partial charge in [0.25, 0.3) is 0 Å². The van der Waals surface area contributed by atoms with Crippen molar-refractivity contribution in [2.75, 3.05) is 27.7 Å². The summed E-state index contributed by atoms with van der Waals surface area (Å²) < 4.78 is 34.0. The van der Waals surface area contributed by atoms with Crippen LogP contribution in [0.15, 0.2) is 30.5 Å². The lowest BCUT2D eigenvalue weighted by atomic mass is 9.68. The third kappa shape index (κ3) is 14.2. The zero-order valence-corrected chi connectivity index (χ0v) is 44.6. The highest BCUT2D eigenvalue weighted by Crippen LogP contribution is 2.45. The monoisotopic (exact) mass is 1000 g/mol. The molecule has 1 unspecified atom stereocenters. The number of rotatable bonds is 15. The van der Waals surface area contributed by atoms with Gasteiger partial charge in [-0.15, -0.1) is 5.10 Å². The van der Waals surface area contributed by atoms with E-state index in [1.165, 1.54) is 14.0 Å². The number of cyclic esters (lactones) is 1. The van der Waals surface area contributed by atoms with Gasteiger partial charge in [0.15, 0.2) is 6.29 Å². The molecule has 0 aliphatic carbocycles. The molecule has 1 aromatic heterocycles. The van der Waals surface area contributed by atoms with E-state index >= 15 is 0 Å². The maximum atomic E-state index is 14.6. The molecule has 0 saturated carbocycles. The Hall–Kier alpha value is -3.18. The van der Waals surface area contributed by atoms with Gasteiger partial charge in [-0.1, -0.05) is 57.5 Å². The highest BCUT2D eigenvalue weighted by molar-refractivity contribution is 5.74. The van der Waals surface area contributed by atoms with Crippen LogP contribution in [0.3, 0.4) is 0 Å². The number of esters is 1. The number of hydrogen-bond acceptors (Lipinski definition) is 17. The van der Waals surface area contributed by atoms with Crippen molar-refractivity contribution >= 4 is 11.9 Å². The summed E-state index contributed by atoms with van der Waals surface area (Å²) in [6.45, 7) is 19.5. The summed E-state index contributed by atoms with van der Waals surface area (Å²) in [5, 5.41) is 77.7. The Bertz CT molecular complexity index is 2010. The van der Waals surface area contributed by atoms with Crippen LogP contribution in [0.1, 0.15) is 126 Å². The number of nitrogens with one attached hydrogen (secondary N) is 1. The zero-order valence-electron chi connectivity index (χ0n) is 44.6. The number of hydrogen-bond donors (Lipinski definition) is 7. The normalized spacial score (nSPS) is 39.4. The fraction of sp³-hybridized carbons (Fsp3) is 0.808. The summed E-state index contributed by atoms with van der Waals surface area (Å²) in [5.74, 6) is -3.58. The largest absolute Gasteiger partial charge is 0.459 e. The quantitative estimate of drug-likeness (QED) is 0.0575. The highest BCUT2D eigenvalue weighted by Gasteiger charge is 2.55. The predicted molar refractivity (Wildman–Crippen MR) is 264 cm³/mol. The van der Waals surface area contributed by atoms with Gasteiger partial charge in [-0.2, -0.15) is 0 Å². The van der Waals surface area contributed by atoms with E-state index in [0.29, 0.717) is 38.2 Å². The van der Waals surface area contributed by atoms with E-state index in [1.54, 1.807) is 44.8 Å². The van der Waals surface area contributed by atoms with E-state index in [9.17, 15) is 35.1 Å². The minimum absolute atomic E-state index is 0.180. The number of carbonyl (C=O) groups is 2. The molecule has 3 saturated heterocycles. The van der Waals surface area contributed by atoms with Crippen LogP contribution in [-0.2, 0) is 46.4 Å². The number of aromatic nitrogens is 3. The summed E-state index contributed by atoms with van der Waals surface area (Å²) in [6.07, 6.45) is -3.08. The molecule has 3 aliphatic heterocycles. The van der Waals surface area contributed by atoms with Crippen molar-refractivity contribution in [3.05, 3.63) is 36.0 Å². The first kappa shape index (κ1) is 58.7. The second kappa shape index (κ2) is 24.9. The lowest BCUT2D eigenvalue weighted by molar-refractivity contribution is -0.303. The number of methoxy groups -OCH3 is 1. The Balaban J connectivity index is 1.45. The summed E-state index contributed by atoms with van der Waals surface area (Å²) in [7, 11) is 5.32. The summed E-state index contributed by atoms with van der Waals surface area (Å²) in [5.41, 5.74) is -0.244. The molecule has 71 heavy (non-hydrogen) atoms. The van der Waals surface area contributed by atoms with Crippen LogP contribution in [0.4, 0.5) is 0 Å². The van der Waals surface area contributed by atoms with Crippen LogP contribution in [0.25, 0.3) is 11.3 Å². The first-order chi connectivity index (χ1) is 33.3. The number of nitrogens with zero attached hydrogens (tertiary/aromatic N) is 5. The molecule has 2 aromatic rings. The molecule has 1 aromatic carbocycles. The fourth-order valence-electron chi connectivity index (χ4n) is 11.8. The molecule has 4 heterocycles. The molecule has 0 spiro atoms. The van der Waals surface area contributed by atoms with Crippen LogP contribution in [0, 0.1) is 23.7 Å². The first-order valence-corrected chi connectivity index (χ1v) is 25.8. The Morgan fingerprint density at radius 1 is 1.00 bits per heavy atom. The summed E-state index contributed by atoms with van der Waals surface area (Å²) >= 11 is 0. The molecule has 0 radical (unpaired) electrons. The number of aliphatic hydroxyl groups excluding tert-OH is 3. The van der Waals surface area contributed by atoms with E-state index in [2.05, 4.69) is 21.3 Å². The van der Waals surface area contributed by atoms with Crippen LogP contribution in [0.5, 0.6) is 0 Å². The average molecular weight is 1010 g/mol. The average Bonchev–Trinajstić information content (AvgIpc) is 3.80. The van der Waals surface area contributed by atoms with Crippen molar-refractivity contribution < 1.29 is 64.0 Å². The van der Waals surface area contributed by atoms with Gasteiger partial charge < -0.3 is 54.1 Å². The van der Waals surface area contributed by atoms with Gasteiger partial charge in [-0.05, 0) is 111 Å². The molecular formula is C52H88N6O13. The molecule has 1 amide bonds. The molecule has 0 bridgehead atoms. The van der Waals surface area contributed by atoms with Crippen molar-refractivity contribution in [2.45, 2.75) is 218 Å². The smallest absolute Gasteiger partial charge is 0.309 e. The standard InChI is InChI=1S/C52H88N6O13/c1-14-41-52(10,65)45(61)34(6)56(11)27-30(2)25-50(8,64)47(32(4)43(33(5)48(63)70-41)40-26-51(9,67-13)46(62)35(7)69-40)71-49-44(60)39(23-31(3)68-49)57(12)28-36-19-18-20-37(24-36)38-29-58(55-53-38)22-17-15-16-21-42(59)54-66/h18-20,24,29-35,39-41,43-47,49,60-62,64-66H,14-17,21-23,25-28H2,1-13H3,(H,54,59)/t30-,31-,32+,33-,34-,35+,39+,40?,41-,43+,44+,45-,46+,47-,49+,50-,51-,52-/m1/s1. The Morgan fingerprint density at radius 2 is 1.70 bits per heavy atom. The number of benzene rings is 1. The lowest BCUT2D eigenvalue weighted by Gasteiger charge is -2.51. The molecule has 5 rings (SSSR count). The maximum Gasteiger partial charge on any atom is 0.309 e. The number of hydroxylamine groups is 1. The van der Waals surface area contributed by atoms with E-state index in [-0.39, 0.29) is 37.7 Å². The van der Waals surface area contributed by atoms with Crippen LogP contribution in [0.2, 0.25) is 0 Å². The van der Waals surface area contributed by atoms with Gasteiger partial charge in [0.05, 0.1) is 47.7 Å². The summed E-state index contributed by atoms with van der Waals surface area (Å²) in [4.78, 5) is 30.0. The van der Waals surface area contributed by atoms with Gasteiger partial charge >= 0.3 is 5.97 Å². The lowest BCUT2D eigenvalue weighted by Crippen LogP contribution is -2.62. The van der Waals surface area contributed by atoms with Crippen molar-refractivity contribution in [3.63, 3.8) is 0 Å². The number of aryl methyl sites for hydroxylation is 1. The third-order valence-corrected chi connectivity index (χ3v) is 16.1. The van der Waals surface area contributed by atoms with E-state index in [4.69, 9.17) is 28.9 Å². The Kier molecular flexibility index (Phi) is 20.6. The van der Waals surface area contributed by atoms with E-state index in [0.717, 1.165) is 24.0 Å². The minimum Gasteiger partial charge on any atom is -0.459 e. The fourth-order valence-corrected chi connectivity index (χ4v) is 11.8. The molecule has 3 aliphatic rings. The zero-order chi connectivity index (χ0) is 52.7. The minimum atomic E-state index is -1.82. The summed E-state index contributed by atoms with van der Waals surface area (Å²) in [6, 6.07) is 7.00. The van der Waals surface area contributed by atoms with E-state index in [1.807, 2.05) is 71.1 Å². The Morgan fingerprint density at radius 3 is 2.37 bits per heavy atom. The number of aliphatic hydroxyl groups is 5. The van der Waals surface area contributed by atoms with Crippen LogP contribution >= 0.6 is 0 Å². The second-order valence-electron chi connectivity index (χ2n) is 22.1. The first-order valence-electron chi connectivity index (χ1n) is 25.8. The maximum absolute atomic E-state index is 14.6. The highest BCUT2D eigenvalue weighted by atomic mass is 16.7. The Labute approximate surface area is 421 Å². The van der Waals surface area contributed by atoms with Crippen molar-refractivity contribution in [1.82, 2.24) is 30.3 Å². The van der Waals surface area contributed by atoms with Gasteiger partial charge in [0.2, 0.25) is 5.91 Å². The molecule has 18 atom stereocenters. The van der Waals surface area contributed by atoms with E-state index < -0.39 is 108 Å². The number of ether oxygens (including phenoxy) is 5. The predicted octanol–water partition coefficient (Wildman–Crippen LogP) is 4.07. The molecule has 19 nitrogen and oxygen atoms in total.